The number of piperidine rings is 1. The second-order valence-corrected chi connectivity index (χ2v) is 10.8. The first kappa shape index (κ1) is 21.1. The van der Waals surface area contributed by atoms with Crippen LogP contribution < -0.4 is 5.32 Å². The molecule has 1 aromatic carbocycles. The quantitative estimate of drug-likeness (QED) is 0.684. The zero-order valence-corrected chi connectivity index (χ0v) is 17.2. The van der Waals surface area contributed by atoms with E-state index in [0.717, 1.165) is 17.1 Å². The van der Waals surface area contributed by atoms with Gasteiger partial charge in [0, 0.05) is 25.4 Å². The fourth-order valence-corrected chi connectivity index (χ4v) is 5.89. The van der Waals surface area contributed by atoms with E-state index in [2.05, 4.69) is 9.69 Å². The molecular weight excluding hydrogens is 408 g/mol. The molecule has 3 rings (SSSR count). The number of hydrogen-bond donors (Lipinski definition) is 2. The Balaban J connectivity index is 1.69. The van der Waals surface area contributed by atoms with E-state index in [-0.39, 0.29) is 10.8 Å². The number of aromatic nitrogens is 1. The molecule has 10 heteroatoms. The number of anilines is 1. The van der Waals surface area contributed by atoms with Crippen LogP contribution in [-0.2, 0) is 9.84 Å². The second kappa shape index (κ2) is 8.02. The summed E-state index contributed by atoms with van der Waals surface area (Å²) in [6, 6.07) is 4.13. The fourth-order valence-electron chi connectivity index (χ4n) is 3.55. The Morgan fingerprint density at radius 2 is 1.86 bits per heavy atom. The van der Waals surface area contributed by atoms with Crippen molar-refractivity contribution in [1.29, 1.82) is 0 Å². The monoisotopic (exact) mass is 431 g/mol. The summed E-state index contributed by atoms with van der Waals surface area (Å²) in [5, 5.41) is 14.0. The van der Waals surface area contributed by atoms with E-state index in [9.17, 15) is 22.3 Å². The molecular formula is C18H23F2N3O3S2. The number of sulfone groups is 1. The summed E-state index contributed by atoms with van der Waals surface area (Å²) in [5.41, 5.74) is 0. The zero-order valence-electron chi connectivity index (χ0n) is 15.6. The van der Waals surface area contributed by atoms with Crippen molar-refractivity contribution in [2.75, 3.05) is 18.4 Å². The highest BCUT2D eigenvalue weighted by molar-refractivity contribution is 7.92. The summed E-state index contributed by atoms with van der Waals surface area (Å²) in [4.78, 5) is 1.48. The largest absolute Gasteiger partial charge is 0.361 e. The van der Waals surface area contributed by atoms with Gasteiger partial charge in [-0.05, 0) is 62.3 Å². The van der Waals surface area contributed by atoms with Crippen LogP contribution in [0.15, 0.2) is 35.4 Å². The molecule has 0 bridgehead atoms. The molecule has 0 saturated carbocycles. The van der Waals surface area contributed by atoms with Crippen LogP contribution in [-0.4, -0.2) is 47.0 Å². The van der Waals surface area contributed by atoms with E-state index in [0.29, 0.717) is 32.0 Å². The molecule has 28 heavy (non-hydrogen) atoms. The lowest BCUT2D eigenvalue weighted by Gasteiger charge is -2.41. The summed E-state index contributed by atoms with van der Waals surface area (Å²) in [6.45, 7) is 4.18. The molecule has 0 aliphatic carbocycles. The summed E-state index contributed by atoms with van der Waals surface area (Å²) in [7, 11) is -3.95. The van der Waals surface area contributed by atoms with Gasteiger partial charge in [-0.3, -0.25) is 4.90 Å². The molecule has 154 valence electrons. The Labute approximate surface area is 167 Å². The van der Waals surface area contributed by atoms with Crippen molar-refractivity contribution in [2.45, 2.75) is 42.7 Å². The van der Waals surface area contributed by atoms with Crippen molar-refractivity contribution in [3.8, 4) is 0 Å². The lowest BCUT2D eigenvalue weighted by Crippen LogP contribution is -2.50. The van der Waals surface area contributed by atoms with Crippen molar-refractivity contribution < 1.29 is 22.3 Å². The number of nitrogens with zero attached hydrogens (tertiary/aromatic N) is 2. The van der Waals surface area contributed by atoms with Gasteiger partial charge in [-0.1, -0.05) is 0 Å². The van der Waals surface area contributed by atoms with E-state index in [4.69, 9.17) is 0 Å². The minimum Gasteiger partial charge on any atom is -0.361 e. The summed E-state index contributed by atoms with van der Waals surface area (Å²) in [6.07, 6.45) is 1.81. The van der Waals surface area contributed by atoms with Gasteiger partial charge < -0.3 is 10.4 Å². The van der Waals surface area contributed by atoms with Crippen LogP contribution in [0.4, 0.5) is 13.8 Å². The molecule has 2 aromatic rings. The van der Waals surface area contributed by atoms with Gasteiger partial charge in [-0.15, -0.1) is 0 Å². The maximum Gasteiger partial charge on any atom is 0.184 e. The lowest BCUT2D eigenvalue weighted by atomic mass is 9.86. The van der Waals surface area contributed by atoms with Crippen molar-refractivity contribution in [2.24, 2.45) is 5.92 Å². The first-order valence-electron chi connectivity index (χ1n) is 8.91. The highest BCUT2D eigenvalue weighted by Crippen LogP contribution is 2.38. The van der Waals surface area contributed by atoms with E-state index in [1.54, 1.807) is 26.1 Å². The molecule has 1 aliphatic heterocycles. The predicted molar refractivity (Wildman–Crippen MR) is 104 cm³/mol. The second-order valence-electron chi connectivity index (χ2n) is 7.42. The molecule has 1 saturated heterocycles. The molecule has 0 radical (unpaired) electrons. The first-order valence-corrected chi connectivity index (χ1v) is 11.2. The number of hydrogen-bond acceptors (Lipinski definition) is 7. The zero-order chi connectivity index (χ0) is 20.5. The molecule has 1 aliphatic rings. The molecule has 1 aromatic heterocycles. The maximum atomic E-state index is 13.5. The number of nitrogens with one attached hydrogen (secondary N) is 1. The van der Waals surface area contributed by atoms with Gasteiger partial charge in [0.25, 0.3) is 0 Å². The molecule has 1 fully saturated rings. The van der Waals surface area contributed by atoms with Crippen molar-refractivity contribution >= 4 is 26.4 Å². The third kappa shape index (κ3) is 4.19. The van der Waals surface area contributed by atoms with E-state index in [1.165, 1.54) is 11.5 Å². The van der Waals surface area contributed by atoms with Crippen LogP contribution in [0.3, 0.4) is 0 Å². The Kier molecular flexibility index (Phi) is 6.04. The maximum absolute atomic E-state index is 13.5. The first-order chi connectivity index (χ1) is 13.1. The molecule has 0 amide bonds. The molecule has 1 unspecified atom stereocenters. The Hall–Kier alpha value is -1.62. The van der Waals surface area contributed by atoms with Gasteiger partial charge >= 0.3 is 0 Å². The van der Waals surface area contributed by atoms with Crippen LogP contribution in [0.5, 0.6) is 0 Å². The van der Waals surface area contributed by atoms with Crippen LogP contribution in [0, 0.1) is 17.6 Å². The fraction of sp³-hybridized carbons (Fsp3) is 0.500. The minimum atomic E-state index is -3.95. The standard InChI is InChI=1S/C18H23F2N3O3S2/c1-18(2,28(25,26)15-10-13(19)9-14(20)11-15)12-4-7-23(8-5-12)17(24)22-16-3-6-21-27-16/h3,6,9-12,17,22,24H,4-5,7-8H2,1-2H3. The average molecular weight is 432 g/mol. The molecule has 6 nitrogen and oxygen atoms in total. The highest BCUT2D eigenvalue weighted by atomic mass is 32.2. The highest BCUT2D eigenvalue weighted by Gasteiger charge is 2.44. The van der Waals surface area contributed by atoms with E-state index >= 15 is 0 Å². The number of halogens is 2. The average Bonchev–Trinajstić information content (AvgIpc) is 3.13. The molecule has 0 spiro atoms. The van der Waals surface area contributed by atoms with E-state index in [1.807, 2.05) is 4.90 Å². The Morgan fingerprint density at radius 1 is 1.25 bits per heavy atom. The summed E-state index contributed by atoms with van der Waals surface area (Å²) in [5.74, 6) is -2.04. The van der Waals surface area contributed by atoms with Gasteiger partial charge in [-0.2, -0.15) is 4.37 Å². The van der Waals surface area contributed by atoms with E-state index < -0.39 is 32.6 Å². The van der Waals surface area contributed by atoms with Gasteiger partial charge in [0.1, 0.15) is 16.6 Å². The van der Waals surface area contributed by atoms with Gasteiger partial charge in [0.15, 0.2) is 16.2 Å². The number of aliphatic hydroxyl groups is 1. The lowest BCUT2D eigenvalue weighted by molar-refractivity contribution is 0.000215. The molecule has 1 atom stereocenters. The normalized spacial score (nSPS) is 18.2. The van der Waals surface area contributed by atoms with Crippen LogP contribution >= 0.6 is 11.5 Å². The smallest absolute Gasteiger partial charge is 0.184 e. The van der Waals surface area contributed by atoms with Crippen molar-refractivity contribution in [1.82, 2.24) is 9.27 Å². The summed E-state index contributed by atoms with van der Waals surface area (Å²) >= 11 is 1.23. The topological polar surface area (TPSA) is 82.5 Å². The molecule has 2 heterocycles. The third-order valence-electron chi connectivity index (χ3n) is 5.41. The number of likely N-dealkylation sites (tertiary alicyclic amines) is 1. The van der Waals surface area contributed by atoms with Gasteiger partial charge in [0.2, 0.25) is 0 Å². The van der Waals surface area contributed by atoms with Crippen LogP contribution in [0.25, 0.3) is 0 Å². The Bertz CT molecular complexity index is 892. The summed E-state index contributed by atoms with van der Waals surface area (Å²) < 4.78 is 56.0. The predicted octanol–water partition coefficient (Wildman–Crippen LogP) is 3.07. The third-order valence-corrected chi connectivity index (χ3v) is 8.66. The number of benzene rings is 1. The van der Waals surface area contributed by atoms with Crippen molar-refractivity contribution in [3.63, 3.8) is 0 Å². The Morgan fingerprint density at radius 3 is 2.39 bits per heavy atom. The SMILES string of the molecule is CC(C)(C1CCN(C(O)Nc2ccns2)CC1)S(=O)(=O)c1cc(F)cc(F)c1. The number of aliphatic hydroxyl groups excluding tert-OH is 1. The van der Waals surface area contributed by atoms with Crippen LogP contribution in [0.1, 0.15) is 26.7 Å². The number of rotatable bonds is 6. The molecule has 2 N–H and O–H groups in total. The van der Waals surface area contributed by atoms with Crippen molar-refractivity contribution in [3.05, 3.63) is 42.1 Å². The van der Waals surface area contributed by atoms with Crippen LogP contribution in [0.2, 0.25) is 0 Å². The minimum absolute atomic E-state index is 0.212. The van der Waals surface area contributed by atoms with Gasteiger partial charge in [-0.25, -0.2) is 17.2 Å². The van der Waals surface area contributed by atoms with Gasteiger partial charge in [0.05, 0.1) is 9.64 Å².